The second kappa shape index (κ2) is 10.2. The second-order valence-electron chi connectivity index (χ2n) is 3.15. The fourth-order valence-electron chi connectivity index (χ4n) is 1.78. The summed E-state index contributed by atoms with van der Waals surface area (Å²) in [5.41, 5.74) is 4.32. The van der Waals surface area contributed by atoms with Gasteiger partial charge in [0.25, 0.3) is 0 Å². The van der Waals surface area contributed by atoms with Crippen molar-refractivity contribution in [1.29, 1.82) is 0 Å². The topological polar surface area (TPSA) is 0 Å². The van der Waals surface area contributed by atoms with E-state index in [1.165, 1.54) is 40.1 Å². The molecule has 2 radical (unpaired) electrons. The predicted molar refractivity (Wildman–Crippen MR) is 70.2 cm³/mol. The summed E-state index contributed by atoms with van der Waals surface area (Å²) in [5.74, 6) is 0. The Labute approximate surface area is 118 Å². The molecule has 0 aromatic carbocycles. The first-order valence-electron chi connectivity index (χ1n) is 4.83. The summed E-state index contributed by atoms with van der Waals surface area (Å²) in [4.78, 5) is 0. The van der Waals surface area contributed by atoms with Gasteiger partial charge < -0.3 is 14.9 Å². The van der Waals surface area contributed by atoms with E-state index in [9.17, 15) is 0 Å². The standard InChI is InChI=1S/C12H13.2CH3.Si.Zr/c1-2-10-8-5-9-12(10)11-6-3-4-7-11;;;;/h3-4,6,9H,2,5,7H2,1H3;2*1H3;;/q3*-1;;. The molecule has 0 amide bonds. The summed E-state index contributed by atoms with van der Waals surface area (Å²) in [6.07, 6.45) is 15.5. The van der Waals surface area contributed by atoms with Crippen LogP contribution in [0.3, 0.4) is 0 Å². The van der Waals surface area contributed by atoms with Crippen molar-refractivity contribution < 1.29 is 23.3 Å². The molecule has 0 spiro atoms. The van der Waals surface area contributed by atoms with Gasteiger partial charge in [-0.25, -0.2) is 5.57 Å². The molecular formula is C14H19SiZr-3. The summed E-state index contributed by atoms with van der Waals surface area (Å²) in [6, 6.07) is 0. The zero-order chi connectivity index (χ0) is 10.4. The minimum atomic E-state index is 0. The SMILES string of the molecule is CCC1=[C-]CC=C1C1=CC=CC1.[CH3-].[CH3-].[Si]=[Zr]. The minimum absolute atomic E-state index is 0. The van der Waals surface area contributed by atoms with Crippen LogP contribution >= 0.6 is 0 Å². The van der Waals surface area contributed by atoms with Gasteiger partial charge in [-0.15, -0.1) is 12.0 Å². The molecule has 16 heavy (non-hydrogen) atoms. The zero-order valence-corrected chi connectivity index (χ0v) is 13.9. The molecule has 0 saturated carbocycles. The summed E-state index contributed by atoms with van der Waals surface area (Å²) < 4.78 is 0. The van der Waals surface area contributed by atoms with E-state index in [0.717, 1.165) is 19.3 Å². The van der Waals surface area contributed by atoms with Crippen LogP contribution in [0, 0.1) is 20.9 Å². The molecule has 2 aliphatic rings. The van der Waals surface area contributed by atoms with Gasteiger partial charge in [0.2, 0.25) is 0 Å². The van der Waals surface area contributed by atoms with Crippen molar-refractivity contribution >= 4 is 6.88 Å². The monoisotopic (exact) mass is 305 g/mol. The van der Waals surface area contributed by atoms with Crippen LogP contribution < -0.4 is 0 Å². The summed E-state index contributed by atoms with van der Waals surface area (Å²) >= 11 is 1.36. The number of rotatable bonds is 2. The van der Waals surface area contributed by atoms with Gasteiger partial charge in [-0.3, -0.25) is 6.08 Å². The van der Waals surface area contributed by atoms with Gasteiger partial charge in [0, 0.05) is 0 Å². The van der Waals surface area contributed by atoms with Crippen LogP contribution in [0.1, 0.15) is 26.2 Å². The van der Waals surface area contributed by atoms with Gasteiger partial charge in [0.15, 0.2) is 0 Å². The molecule has 0 aliphatic heterocycles. The van der Waals surface area contributed by atoms with Crippen LogP contribution in [-0.2, 0) is 23.3 Å². The Hall–Kier alpha value is 0.0600. The van der Waals surface area contributed by atoms with Gasteiger partial charge in [0.1, 0.15) is 0 Å². The van der Waals surface area contributed by atoms with E-state index < -0.39 is 0 Å². The normalized spacial score (nSPS) is 15.9. The zero-order valence-electron chi connectivity index (χ0n) is 10.4. The van der Waals surface area contributed by atoms with E-state index in [4.69, 9.17) is 0 Å². The van der Waals surface area contributed by atoms with Gasteiger partial charge in [-0.1, -0.05) is 31.6 Å². The molecule has 2 rings (SSSR count). The van der Waals surface area contributed by atoms with E-state index in [2.05, 4.69) is 44.2 Å². The Morgan fingerprint density at radius 1 is 1.38 bits per heavy atom. The maximum atomic E-state index is 3.39. The molecule has 2 aliphatic carbocycles. The van der Waals surface area contributed by atoms with Crippen molar-refractivity contribution in [2.45, 2.75) is 26.2 Å². The molecule has 0 saturated heterocycles. The Morgan fingerprint density at radius 3 is 2.56 bits per heavy atom. The van der Waals surface area contributed by atoms with Crippen molar-refractivity contribution in [3.8, 4) is 0 Å². The van der Waals surface area contributed by atoms with E-state index in [1.54, 1.807) is 0 Å². The summed E-state index contributed by atoms with van der Waals surface area (Å²) in [5, 5.41) is 0. The second-order valence-corrected chi connectivity index (χ2v) is 3.15. The fraction of sp³-hybridized carbons (Fsp3) is 0.286. The Kier molecular flexibility index (Phi) is 11.8. The molecule has 0 bridgehead atoms. The van der Waals surface area contributed by atoms with E-state index in [1.807, 2.05) is 0 Å². The van der Waals surface area contributed by atoms with Crippen molar-refractivity contribution in [1.82, 2.24) is 0 Å². The fourth-order valence-corrected chi connectivity index (χ4v) is 1.78. The predicted octanol–water partition coefficient (Wildman–Crippen LogP) is 3.86. The average Bonchev–Trinajstić information content (AvgIpc) is 2.91. The van der Waals surface area contributed by atoms with Crippen LogP contribution in [0.2, 0.25) is 0 Å². The van der Waals surface area contributed by atoms with Gasteiger partial charge >= 0.3 is 30.2 Å². The molecule has 86 valence electrons. The Bertz CT molecular complexity index is 322. The van der Waals surface area contributed by atoms with Crippen molar-refractivity contribution in [3.63, 3.8) is 0 Å². The molecule has 0 heterocycles. The van der Waals surface area contributed by atoms with Crippen LogP contribution in [0.25, 0.3) is 0 Å². The molecule has 0 nitrogen and oxygen atoms in total. The molecule has 0 aromatic rings. The first-order chi connectivity index (χ1) is 6.92. The summed E-state index contributed by atoms with van der Waals surface area (Å²) in [7, 11) is 0. The molecule has 0 N–H and O–H groups in total. The third-order valence-corrected chi connectivity index (χ3v) is 2.42. The van der Waals surface area contributed by atoms with E-state index >= 15 is 0 Å². The molecule has 0 atom stereocenters. The average molecular weight is 307 g/mol. The summed E-state index contributed by atoms with van der Waals surface area (Å²) in [6.45, 7) is 5.26. The van der Waals surface area contributed by atoms with Crippen molar-refractivity contribution in [2.75, 3.05) is 0 Å². The van der Waals surface area contributed by atoms with E-state index in [0.29, 0.717) is 0 Å². The maximum absolute atomic E-state index is 3.39. The number of hydrogen-bond acceptors (Lipinski definition) is 0. The number of hydrogen-bond donors (Lipinski definition) is 0. The number of allylic oxidation sites excluding steroid dienone is 8. The quantitative estimate of drug-likeness (QED) is 0.537. The molecular weight excluding hydrogens is 287 g/mol. The van der Waals surface area contributed by atoms with Crippen molar-refractivity contribution in [2.24, 2.45) is 0 Å². The van der Waals surface area contributed by atoms with Crippen LogP contribution in [0.15, 0.2) is 41.0 Å². The molecule has 0 unspecified atom stereocenters. The first kappa shape index (κ1) is 18.4. The third kappa shape index (κ3) is 4.51. The van der Waals surface area contributed by atoms with Gasteiger partial charge in [-0.05, 0) is 6.42 Å². The van der Waals surface area contributed by atoms with Gasteiger partial charge in [0.05, 0.1) is 0 Å². The molecule has 0 fully saturated rings. The Balaban J connectivity index is 0. The Morgan fingerprint density at radius 2 is 2.06 bits per heavy atom. The van der Waals surface area contributed by atoms with Crippen LogP contribution in [-0.4, -0.2) is 6.88 Å². The van der Waals surface area contributed by atoms with Crippen LogP contribution in [0.4, 0.5) is 0 Å². The first-order valence-corrected chi connectivity index (χ1v) is 9.02. The van der Waals surface area contributed by atoms with E-state index in [-0.39, 0.29) is 14.9 Å². The van der Waals surface area contributed by atoms with Gasteiger partial charge in [-0.2, -0.15) is 11.6 Å². The third-order valence-electron chi connectivity index (χ3n) is 2.42. The molecule has 2 heteroatoms. The van der Waals surface area contributed by atoms with Crippen LogP contribution in [0.5, 0.6) is 0 Å². The molecule has 0 aromatic heterocycles. The van der Waals surface area contributed by atoms with Crippen molar-refractivity contribution in [3.05, 3.63) is 62.0 Å².